The number of ether oxygens (including phenoxy) is 1. The summed E-state index contributed by atoms with van der Waals surface area (Å²) < 4.78 is 30.2. The van der Waals surface area contributed by atoms with Crippen molar-refractivity contribution in [3.05, 3.63) is 35.9 Å². The quantitative estimate of drug-likeness (QED) is 0.710. The van der Waals surface area contributed by atoms with Crippen molar-refractivity contribution < 1.29 is 17.9 Å². The van der Waals surface area contributed by atoms with Gasteiger partial charge in [0.1, 0.15) is 6.54 Å². The van der Waals surface area contributed by atoms with Gasteiger partial charge in [-0.2, -0.15) is 4.31 Å². The number of sulfonamides is 1. The summed E-state index contributed by atoms with van der Waals surface area (Å²) in [5, 5.41) is 0. The van der Waals surface area contributed by atoms with Gasteiger partial charge in [0.05, 0.1) is 12.9 Å². The van der Waals surface area contributed by atoms with E-state index in [0.717, 1.165) is 0 Å². The van der Waals surface area contributed by atoms with E-state index in [2.05, 4.69) is 4.74 Å². The molecule has 106 valence electrons. The zero-order chi connectivity index (χ0) is 14.3. The Balaban J connectivity index is 2.84. The van der Waals surface area contributed by atoms with Gasteiger partial charge in [0, 0.05) is 6.54 Å². The SMILES string of the molecule is CCCN(CC(=O)OC)S(=O)(=O)Cc1ccccc1. The topological polar surface area (TPSA) is 63.7 Å². The molecule has 0 spiro atoms. The van der Waals surface area contributed by atoms with Crippen molar-refractivity contribution in [1.82, 2.24) is 4.31 Å². The highest BCUT2D eigenvalue weighted by molar-refractivity contribution is 7.88. The van der Waals surface area contributed by atoms with Crippen LogP contribution in [0.3, 0.4) is 0 Å². The first-order valence-electron chi connectivity index (χ1n) is 6.08. The zero-order valence-corrected chi connectivity index (χ0v) is 12.0. The molecule has 0 aliphatic heterocycles. The summed E-state index contributed by atoms with van der Waals surface area (Å²) in [5.41, 5.74) is 0.702. The lowest BCUT2D eigenvalue weighted by molar-refractivity contribution is -0.140. The van der Waals surface area contributed by atoms with Crippen LogP contribution in [0.1, 0.15) is 18.9 Å². The third-order valence-corrected chi connectivity index (χ3v) is 4.39. The normalized spacial score (nSPS) is 11.5. The molecule has 1 rings (SSSR count). The van der Waals surface area contributed by atoms with Crippen LogP contribution in [-0.4, -0.2) is 38.9 Å². The predicted molar refractivity (Wildman–Crippen MR) is 72.9 cm³/mol. The van der Waals surface area contributed by atoms with E-state index in [4.69, 9.17) is 0 Å². The molecule has 0 aromatic heterocycles. The fourth-order valence-electron chi connectivity index (χ4n) is 1.65. The van der Waals surface area contributed by atoms with E-state index in [0.29, 0.717) is 18.5 Å². The largest absolute Gasteiger partial charge is 0.468 e. The van der Waals surface area contributed by atoms with Crippen molar-refractivity contribution in [2.45, 2.75) is 19.1 Å². The maximum Gasteiger partial charge on any atom is 0.321 e. The molecule has 0 aliphatic rings. The highest BCUT2D eigenvalue weighted by Gasteiger charge is 2.24. The molecule has 0 saturated heterocycles. The summed E-state index contributed by atoms with van der Waals surface area (Å²) in [5.74, 6) is -0.657. The van der Waals surface area contributed by atoms with Crippen LogP contribution in [-0.2, 0) is 25.3 Å². The maximum absolute atomic E-state index is 12.3. The second-order valence-corrected chi connectivity index (χ2v) is 6.12. The number of carbonyl (C=O) groups is 1. The Kier molecular flexibility index (Phi) is 5.98. The Bertz CT molecular complexity index is 499. The first-order chi connectivity index (χ1) is 8.99. The van der Waals surface area contributed by atoms with Gasteiger partial charge in [-0.05, 0) is 12.0 Å². The van der Waals surface area contributed by atoms with E-state index in [-0.39, 0.29) is 12.3 Å². The van der Waals surface area contributed by atoms with E-state index in [1.165, 1.54) is 11.4 Å². The van der Waals surface area contributed by atoms with E-state index in [9.17, 15) is 13.2 Å². The molecule has 0 fully saturated rings. The lowest BCUT2D eigenvalue weighted by Gasteiger charge is -2.20. The Morgan fingerprint density at radius 1 is 1.26 bits per heavy atom. The number of carbonyl (C=O) groups excluding carboxylic acids is 1. The number of nitrogens with zero attached hydrogens (tertiary/aromatic N) is 1. The summed E-state index contributed by atoms with van der Waals surface area (Å²) in [7, 11) is -2.26. The summed E-state index contributed by atoms with van der Waals surface area (Å²) in [6.45, 7) is 1.94. The molecule has 0 N–H and O–H groups in total. The Hall–Kier alpha value is -1.40. The van der Waals surface area contributed by atoms with Gasteiger partial charge in [-0.3, -0.25) is 4.79 Å². The Morgan fingerprint density at radius 3 is 2.42 bits per heavy atom. The lowest BCUT2D eigenvalue weighted by atomic mass is 10.2. The Morgan fingerprint density at radius 2 is 1.89 bits per heavy atom. The molecule has 1 aromatic carbocycles. The van der Waals surface area contributed by atoms with Crippen LogP contribution in [0.25, 0.3) is 0 Å². The van der Waals surface area contributed by atoms with Gasteiger partial charge in [-0.25, -0.2) is 8.42 Å². The second kappa shape index (κ2) is 7.25. The second-order valence-electron chi connectivity index (χ2n) is 4.15. The van der Waals surface area contributed by atoms with E-state index in [1.807, 2.05) is 13.0 Å². The number of benzene rings is 1. The van der Waals surface area contributed by atoms with Crippen LogP contribution < -0.4 is 0 Å². The van der Waals surface area contributed by atoms with Crippen LogP contribution in [0.2, 0.25) is 0 Å². The standard InChI is InChI=1S/C13H19NO4S/c1-3-9-14(10-13(15)18-2)19(16,17)11-12-7-5-4-6-8-12/h4-8H,3,9-11H2,1-2H3. The van der Waals surface area contributed by atoms with Crippen LogP contribution in [0, 0.1) is 0 Å². The van der Waals surface area contributed by atoms with Crippen molar-refractivity contribution in [3.8, 4) is 0 Å². The molecule has 5 nitrogen and oxygen atoms in total. The smallest absolute Gasteiger partial charge is 0.321 e. The molecule has 0 radical (unpaired) electrons. The van der Waals surface area contributed by atoms with Gasteiger partial charge in [-0.1, -0.05) is 37.3 Å². The van der Waals surface area contributed by atoms with Crippen LogP contribution in [0.4, 0.5) is 0 Å². The predicted octanol–water partition coefficient (Wildman–Crippen LogP) is 1.40. The Labute approximate surface area is 114 Å². The highest BCUT2D eigenvalue weighted by atomic mass is 32.2. The molecule has 0 saturated carbocycles. The van der Waals surface area contributed by atoms with Gasteiger partial charge in [0.25, 0.3) is 0 Å². The molecule has 0 unspecified atom stereocenters. The molecule has 0 amide bonds. The van der Waals surface area contributed by atoms with Crippen molar-refractivity contribution in [1.29, 1.82) is 0 Å². The first-order valence-corrected chi connectivity index (χ1v) is 7.69. The van der Waals surface area contributed by atoms with Crippen molar-refractivity contribution in [3.63, 3.8) is 0 Å². The third-order valence-electron chi connectivity index (χ3n) is 2.59. The molecule has 0 heterocycles. The molecular weight excluding hydrogens is 266 g/mol. The van der Waals surface area contributed by atoms with Crippen LogP contribution >= 0.6 is 0 Å². The minimum Gasteiger partial charge on any atom is -0.468 e. The van der Waals surface area contributed by atoms with E-state index >= 15 is 0 Å². The molecule has 0 atom stereocenters. The molecule has 19 heavy (non-hydrogen) atoms. The minimum absolute atomic E-state index is 0.106. The molecule has 1 aromatic rings. The first kappa shape index (κ1) is 15.7. The lowest BCUT2D eigenvalue weighted by Crippen LogP contribution is -2.37. The molecule has 6 heteroatoms. The van der Waals surface area contributed by atoms with Gasteiger partial charge in [0.2, 0.25) is 10.0 Å². The molecule has 0 aliphatic carbocycles. The minimum atomic E-state index is -3.51. The fraction of sp³-hybridized carbons (Fsp3) is 0.462. The van der Waals surface area contributed by atoms with Gasteiger partial charge < -0.3 is 4.74 Å². The number of rotatable bonds is 7. The number of methoxy groups -OCH3 is 1. The van der Waals surface area contributed by atoms with E-state index in [1.54, 1.807) is 24.3 Å². The van der Waals surface area contributed by atoms with Crippen LogP contribution in [0.5, 0.6) is 0 Å². The van der Waals surface area contributed by atoms with E-state index < -0.39 is 16.0 Å². The summed E-state index contributed by atoms with van der Waals surface area (Å²) >= 11 is 0. The molecular formula is C13H19NO4S. The third kappa shape index (κ3) is 5.00. The number of hydrogen-bond donors (Lipinski definition) is 0. The number of hydrogen-bond acceptors (Lipinski definition) is 4. The highest BCUT2D eigenvalue weighted by Crippen LogP contribution is 2.11. The zero-order valence-electron chi connectivity index (χ0n) is 11.2. The maximum atomic E-state index is 12.3. The van der Waals surface area contributed by atoms with Gasteiger partial charge >= 0.3 is 5.97 Å². The molecule has 0 bridgehead atoms. The van der Waals surface area contributed by atoms with Gasteiger partial charge in [-0.15, -0.1) is 0 Å². The van der Waals surface area contributed by atoms with Crippen LogP contribution in [0.15, 0.2) is 30.3 Å². The van der Waals surface area contributed by atoms with Crippen molar-refractivity contribution >= 4 is 16.0 Å². The summed E-state index contributed by atoms with van der Waals surface area (Å²) in [6, 6.07) is 8.90. The van der Waals surface area contributed by atoms with Gasteiger partial charge in [0.15, 0.2) is 0 Å². The average Bonchev–Trinajstić information content (AvgIpc) is 2.38. The fourth-order valence-corrected chi connectivity index (χ4v) is 3.21. The number of esters is 1. The summed E-state index contributed by atoms with van der Waals surface area (Å²) in [6.07, 6.45) is 0.644. The summed E-state index contributed by atoms with van der Waals surface area (Å²) in [4.78, 5) is 11.3. The van der Waals surface area contributed by atoms with Crippen molar-refractivity contribution in [2.75, 3.05) is 20.2 Å². The van der Waals surface area contributed by atoms with Crippen molar-refractivity contribution in [2.24, 2.45) is 0 Å². The average molecular weight is 285 g/mol. The monoisotopic (exact) mass is 285 g/mol.